The van der Waals surface area contributed by atoms with Crippen molar-refractivity contribution in [3.8, 4) is 16.9 Å². The second kappa shape index (κ2) is 6.68. The summed E-state index contributed by atoms with van der Waals surface area (Å²) in [6.45, 7) is 1.55. The Labute approximate surface area is 179 Å². The van der Waals surface area contributed by atoms with Crippen LogP contribution in [0.15, 0.2) is 41.4 Å². The first-order chi connectivity index (χ1) is 14.3. The summed E-state index contributed by atoms with van der Waals surface area (Å²) in [5.74, 6) is 0.0516. The van der Waals surface area contributed by atoms with Crippen LogP contribution in [-0.2, 0) is 10.3 Å². The molecule has 1 amide bonds. The number of nitrogens with two attached hydrogens (primary N) is 1. The Kier molecular flexibility index (Phi) is 4.31. The third-order valence-corrected chi connectivity index (χ3v) is 6.64. The van der Waals surface area contributed by atoms with E-state index in [-0.39, 0.29) is 23.9 Å². The SMILES string of the molecule is CN1CCC2Oc3ccc(-c4cc(F)cc(Cl)c4)cc3C3(N=C(N)N(C)C3=O)[C@H]2C1. The van der Waals surface area contributed by atoms with Crippen molar-refractivity contribution in [2.45, 2.75) is 18.1 Å². The first kappa shape index (κ1) is 19.3. The van der Waals surface area contributed by atoms with E-state index in [1.54, 1.807) is 13.1 Å². The van der Waals surface area contributed by atoms with Gasteiger partial charge in [0.1, 0.15) is 17.7 Å². The number of piperidine rings is 1. The number of nitrogens with zero attached hydrogens (tertiary/aromatic N) is 3. The van der Waals surface area contributed by atoms with Crippen molar-refractivity contribution >= 4 is 23.5 Å². The van der Waals surface area contributed by atoms with Gasteiger partial charge in [-0.1, -0.05) is 17.7 Å². The molecule has 1 spiro atoms. The molecule has 2 aromatic rings. The molecule has 3 heterocycles. The van der Waals surface area contributed by atoms with E-state index in [2.05, 4.69) is 4.90 Å². The van der Waals surface area contributed by atoms with Gasteiger partial charge in [0.25, 0.3) is 5.91 Å². The zero-order valence-corrected chi connectivity index (χ0v) is 17.5. The molecule has 0 radical (unpaired) electrons. The van der Waals surface area contributed by atoms with Gasteiger partial charge in [-0.15, -0.1) is 0 Å². The summed E-state index contributed by atoms with van der Waals surface area (Å²) in [5.41, 5.74) is 6.97. The van der Waals surface area contributed by atoms with Gasteiger partial charge in [-0.3, -0.25) is 9.69 Å². The lowest BCUT2D eigenvalue weighted by atomic mass is 9.70. The molecule has 1 fully saturated rings. The van der Waals surface area contributed by atoms with Gasteiger partial charge < -0.3 is 15.4 Å². The van der Waals surface area contributed by atoms with Gasteiger partial charge in [0.2, 0.25) is 0 Å². The molecule has 3 aliphatic rings. The Bertz CT molecular complexity index is 1070. The first-order valence-corrected chi connectivity index (χ1v) is 10.3. The van der Waals surface area contributed by atoms with Crippen LogP contribution in [-0.4, -0.2) is 55.0 Å². The van der Waals surface area contributed by atoms with Crippen molar-refractivity contribution in [2.75, 3.05) is 27.2 Å². The highest BCUT2D eigenvalue weighted by molar-refractivity contribution is 6.30. The number of halogens is 2. The molecule has 2 aromatic carbocycles. The van der Waals surface area contributed by atoms with E-state index in [4.69, 9.17) is 27.1 Å². The van der Waals surface area contributed by atoms with Crippen LogP contribution in [0.2, 0.25) is 5.02 Å². The van der Waals surface area contributed by atoms with Crippen LogP contribution in [0.25, 0.3) is 11.1 Å². The Hall–Kier alpha value is -2.64. The molecule has 1 saturated heterocycles. The van der Waals surface area contributed by atoms with Crippen molar-refractivity contribution < 1.29 is 13.9 Å². The topological polar surface area (TPSA) is 71.2 Å². The Morgan fingerprint density at radius 3 is 2.73 bits per heavy atom. The average Bonchev–Trinajstić information content (AvgIpc) is 2.93. The van der Waals surface area contributed by atoms with Crippen molar-refractivity contribution in [3.05, 3.63) is 52.8 Å². The van der Waals surface area contributed by atoms with E-state index in [1.165, 1.54) is 17.0 Å². The number of ether oxygens (including phenoxy) is 1. The van der Waals surface area contributed by atoms with Crippen LogP contribution in [0.4, 0.5) is 4.39 Å². The summed E-state index contributed by atoms with van der Waals surface area (Å²) >= 11 is 6.06. The highest BCUT2D eigenvalue weighted by atomic mass is 35.5. The lowest BCUT2D eigenvalue weighted by Crippen LogP contribution is -2.58. The number of guanidine groups is 1. The molecule has 156 valence electrons. The first-order valence-electron chi connectivity index (χ1n) is 9.89. The second-order valence-corrected chi connectivity index (χ2v) is 8.72. The lowest BCUT2D eigenvalue weighted by Gasteiger charge is -2.48. The van der Waals surface area contributed by atoms with Gasteiger partial charge in [0.05, 0.1) is 0 Å². The van der Waals surface area contributed by atoms with E-state index < -0.39 is 11.4 Å². The molecule has 0 aliphatic carbocycles. The quantitative estimate of drug-likeness (QED) is 0.758. The van der Waals surface area contributed by atoms with Crippen LogP contribution in [0.5, 0.6) is 5.75 Å². The van der Waals surface area contributed by atoms with Gasteiger partial charge >= 0.3 is 0 Å². The predicted octanol–water partition coefficient (Wildman–Crippen LogP) is 2.84. The monoisotopic (exact) mass is 428 g/mol. The normalized spacial score (nSPS) is 28.2. The lowest BCUT2D eigenvalue weighted by molar-refractivity contribution is -0.137. The van der Waals surface area contributed by atoms with Crippen LogP contribution in [0.1, 0.15) is 12.0 Å². The number of hydrogen-bond acceptors (Lipinski definition) is 5. The fourth-order valence-electron chi connectivity index (χ4n) is 4.91. The van der Waals surface area contributed by atoms with Gasteiger partial charge in [-0.05, 0) is 54.9 Å². The third-order valence-electron chi connectivity index (χ3n) is 6.42. The fraction of sp³-hybridized carbons (Fsp3) is 0.364. The maximum Gasteiger partial charge on any atom is 0.262 e. The molecule has 0 bridgehead atoms. The van der Waals surface area contributed by atoms with Crippen LogP contribution < -0.4 is 10.5 Å². The molecule has 6 nitrogen and oxygen atoms in total. The Balaban J connectivity index is 1.72. The number of likely N-dealkylation sites (tertiary alicyclic amines) is 1. The minimum absolute atomic E-state index is 0.129. The minimum atomic E-state index is -1.15. The molecule has 0 aromatic heterocycles. The van der Waals surface area contributed by atoms with Crippen molar-refractivity contribution in [2.24, 2.45) is 16.6 Å². The standard InChI is InChI=1S/C22H22ClFN4O2/c1-27-6-5-19-17(11-27)22(20(29)28(2)21(25)26-22)16-9-12(3-4-18(16)30-19)13-7-14(23)10-15(24)8-13/h3-4,7-10,17,19H,5-6,11H2,1-2H3,(H2,25,26)/t17-,19?,22?/m0/s1. The minimum Gasteiger partial charge on any atom is -0.490 e. The van der Waals surface area contributed by atoms with Crippen molar-refractivity contribution in [3.63, 3.8) is 0 Å². The molecule has 8 heteroatoms. The molecule has 5 rings (SSSR count). The summed E-state index contributed by atoms with van der Waals surface area (Å²) < 4.78 is 20.3. The zero-order valence-electron chi connectivity index (χ0n) is 16.7. The predicted molar refractivity (Wildman–Crippen MR) is 113 cm³/mol. The number of carbonyl (C=O) groups is 1. The number of hydrogen-bond donors (Lipinski definition) is 1. The molecule has 3 atom stereocenters. The largest absolute Gasteiger partial charge is 0.490 e. The molecule has 3 aliphatic heterocycles. The van der Waals surface area contributed by atoms with Crippen LogP contribution in [0, 0.1) is 11.7 Å². The van der Waals surface area contributed by atoms with Gasteiger partial charge in [-0.25, -0.2) is 9.38 Å². The van der Waals surface area contributed by atoms with Gasteiger partial charge in [0, 0.05) is 36.6 Å². The summed E-state index contributed by atoms with van der Waals surface area (Å²) in [4.78, 5) is 21.9. The number of benzene rings is 2. The Morgan fingerprint density at radius 1 is 1.23 bits per heavy atom. The number of fused-ring (bicyclic) bond motifs is 4. The number of carbonyl (C=O) groups excluding carboxylic acids is 1. The molecule has 2 N–H and O–H groups in total. The highest BCUT2D eigenvalue weighted by Crippen LogP contribution is 2.51. The summed E-state index contributed by atoms with van der Waals surface area (Å²) in [6.07, 6.45) is 0.672. The van der Waals surface area contributed by atoms with Gasteiger partial charge in [-0.2, -0.15) is 0 Å². The smallest absolute Gasteiger partial charge is 0.262 e. The van der Waals surface area contributed by atoms with E-state index in [0.717, 1.165) is 18.5 Å². The van der Waals surface area contributed by atoms with Crippen LogP contribution >= 0.6 is 11.6 Å². The second-order valence-electron chi connectivity index (χ2n) is 8.28. The number of amides is 1. The molecule has 0 saturated carbocycles. The van der Waals surface area contributed by atoms with E-state index in [0.29, 0.717) is 28.4 Å². The third kappa shape index (κ3) is 2.72. The number of likely N-dealkylation sites (N-methyl/N-ethyl adjacent to an activating group) is 1. The summed E-state index contributed by atoms with van der Waals surface area (Å²) in [5, 5.41) is 0.307. The zero-order chi connectivity index (χ0) is 21.2. The average molecular weight is 429 g/mol. The Morgan fingerprint density at radius 2 is 2.03 bits per heavy atom. The molecular weight excluding hydrogens is 407 g/mol. The molecule has 2 unspecified atom stereocenters. The summed E-state index contributed by atoms with van der Waals surface area (Å²) in [7, 11) is 3.67. The van der Waals surface area contributed by atoms with E-state index in [9.17, 15) is 9.18 Å². The highest BCUT2D eigenvalue weighted by Gasteiger charge is 2.60. The molecular formula is C22H22ClFN4O2. The van der Waals surface area contributed by atoms with Gasteiger partial charge in [0.15, 0.2) is 11.5 Å². The summed E-state index contributed by atoms with van der Waals surface area (Å²) in [6, 6.07) is 9.91. The van der Waals surface area contributed by atoms with Crippen molar-refractivity contribution in [1.29, 1.82) is 0 Å². The van der Waals surface area contributed by atoms with Crippen molar-refractivity contribution in [1.82, 2.24) is 9.80 Å². The molecule has 30 heavy (non-hydrogen) atoms. The maximum atomic E-state index is 14.0. The maximum absolute atomic E-state index is 14.0. The number of rotatable bonds is 1. The van der Waals surface area contributed by atoms with Crippen LogP contribution in [0.3, 0.4) is 0 Å². The van der Waals surface area contributed by atoms with E-state index in [1.807, 2.05) is 25.2 Å². The fourth-order valence-corrected chi connectivity index (χ4v) is 5.13. The van der Waals surface area contributed by atoms with E-state index >= 15 is 0 Å². The number of aliphatic imine (C=N–C) groups is 1.